The van der Waals surface area contributed by atoms with Gasteiger partial charge in [-0.15, -0.1) is 0 Å². The summed E-state index contributed by atoms with van der Waals surface area (Å²) in [6.07, 6.45) is -1.21. The fourth-order valence-electron chi connectivity index (χ4n) is 4.42. The summed E-state index contributed by atoms with van der Waals surface area (Å²) in [4.78, 5) is 47.5. The number of hydrogen-bond acceptors (Lipinski definition) is 7. The average molecular weight is 558 g/mol. The average Bonchev–Trinajstić information content (AvgIpc) is 3.28. The van der Waals surface area contributed by atoms with Gasteiger partial charge in [0.1, 0.15) is 17.3 Å². The van der Waals surface area contributed by atoms with Crippen LogP contribution < -0.4 is 21.6 Å². The van der Waals surface area contributed by atoms with Crippen LogP contribution in [0.1, 0.15) is 52.0 Å². The zero-order chi connectivity index (χ0) is 29.0. The number of pyridine rings is 1. The van der Waals surface area contributed by atoms with Crippen LogP contribution in [-0.4, -0.2) is 57.1 Å². The molecular weight excluding hydrogens is 531 g/mol. The molecule has 40 heavy (non-hydrogen) atoms. The SMILES string of the molecule is COc1ccnc(NC(=O)c2ccc(-c3nc(C4CCCCN4C(=O)/C=C/C(F)(F)F)n(N)c3C(N)=O)cc2)c1. The van der Waals surface area contributed by atoms with Gasteiger partial charge in [-0.2, -0.15) is 13.2 Å². The Kier molecular flexibility index (Phi) is 8.07. The Hall–Kier alpha value is -4.88. The van der Waals surface area contributed by atoms with E-state index < -0.39 is 29.9 Å². The highest BCUT2D eigenvalue weighted by molar-refractivity contribution is 6.04. The van der Waals surface area contributed by atoms with Crippen LogP contribution in [0.3, 0.4) is 0 Å². The zero-order valence-electron chi connectivity index (χ0n) is 21.3. The maximum Gasteiger partial charge on any atom is 0.409 e. The lowest BCUT2D eigenvalue weighted by atomic mass is 10.0. The standard InChI is InChI=1S/C26H26F3N7O4/c1-40-17-10-12-32-19(14-17)33-25(39)16-7-5-15(6-8-16)21-22(23(30)38)36(31)24(34-21)18-4-2-3-13-35(18)20(37)9-11-26(27,28)29/h5-12,14,18H,2-4,13,31H2,1H3,(H2,30,38)(H,32,33,39)/b11-9+. The Bertz CT molecular complexity index is 1450. The summed E-state index contributed by atoms with van der Waals surface area (Å²) >= 11 is 0. The number of alkyl halides is 3. The maximum absolute atomic E-state index is 12.7. The molecule has 1 unspecified atom stereocenters. The molecule has 1 atom stereocenters. The molecule has 2 aromatic heterocycles. The third kappa shape index (κ3) is 6.22. The van der Waals surface area contributed by atoms with Gasteiger partial charge in [-0.25, -0.2) is 14.6 Å². The summed E-state index contributed by atoms with van der Waals surface area (Å²) in [5, 5.41) is 2.66. The van der Waals surface area contributed by atoms with Crippen LogP contribution in [0.25, 0.3) is 11.3 Å². The second-order valence-electron chi connectivity index (χ2n) is 8.93. The number of allylic oxidation sites excluding steroid dienone is 1. The number of piperidine rings is 1. The molecule has 11 nitrogen and oxygen atoms in total. The largest absolute Gasteiger partial charge is 0.497 e. The van der Waals surface area contributed by atoms with Crippen molar-refractivity contribution in [3.8, 4) is 17.0 Å². The Balaban J connectivity index is 1.62. The highest BCUT2D eigenvalue weighted by Crippen LogP contribution is 2.34. The van der Waals surface area contributed by atoms with E-state index in [1.54, 1.807) is 24.3 Å². The molecule has 3 aromatic rings. The smallest absolute Gasteiger partial charge is 0.409 e. The van der Waals surface area contributed by atoms with E-state index >= 15 is 0 Å². The number of methoxy groups -OCH3 is 1. The first-order valence-electron chi connectivity index (χ1n) is 12.1. The van der Waals surface area contributed by atoms with Gasteiger partial charge < -0.3 is 26.5 Å². The van der Waals surface area contributed by atoms with Crippen molar-refractivity contribution in [3.63, 3.8) is 0 Å². The quantitative estimate of drug-likeness (QED) is 0.297. The lowest BCUT2D eigenvalue weighted by molar-refractivity contribution is -0.130. The Morgan fingerprint density at radius 3 is 2.52 bits per heavy atom. The van der Waals surface area contributed by atoms with Gasteiger partial charge >= 0.3 is 6.18 Å². The number of ether oxygens (including phenoxy) is 1. The number of nitrogen functional groups attached to an aromatic ring is 1. The van der Waals surface area contributed by atoms with Crippen molar-refractivity contribution in [2.45, 2.75) is 31.5 Å². The predicted octanol–water partition coefficient (Wildman–Crippen LogP) is 3.19. The van der Waals surface area contributed by atoms with Gasteiger partial charge in [0.2, 0.25) is 5.91 Å². The second-order valence-corrected chi connectivity index (χ2v) is 8.93. The Morgan fingerprint density at radius 2 is 1.88 bits per heavy atom. The summed E-state index contributed by atoms with van der Waals surface area (Å²) in [6, 6.07) is 8.50. The molecule has 14 heteroatoms. The molecule has 1 aromatic carbocycles. The van der Waals surface area contributed by atoms with Crippen LogP contribution in [0, 0.1) is 0 Å². The fraction of sp³-hybridized carbons (Fsp3) is 0.269. The van der Waals surface area contributed by atoms with Gasteiger partial charge in [0, 0.05) is 42.1 Å². The van der Waals surface area contributed by atoms with E-state index in [1.165, 1.54) is 30.3 Å². The molecule has 0 radical (unpaired) electrons. The van der Waals surface area contributed by atoms with E-state index in [0.29, 0.717) is 36.7 Å². The molecule has 210 valence electrons. The van der Waals surface area contributed by atoms with Crippen LogP contribution in [-0.2, 0) is 4.79 Å². The van der Waals surface area contributed by atoms with Crippen molar-refractivity contribution < 1.29 is 32.3 Å². The lowest BCUT2D eigenvalue weighted by Gasteiger charge is -2.34. The van der Waals surface area contributed by atoms with Gasteiger partial charge in [0.15, 0.2) is 11.5 Å². The number of amides is 3. The van der Waals surface area contributed by atoms with Crippen molar-refractivity contribution in [3.05, 3.63) is 71.8 Å². The van der Waals surface area contributed by atoms with E-state index in [9.17, 15) is 27.6 Å². The van der Waals surface area contributed by atoms with Gasteiger partial charge in [-0.05, 0) is 37.5 Å². The topological polar surface area (TPSA) is 158 Å². The summed E-state index contributed by atoms with van der Waals surface area (Å²) in [7, 11) is 1.49. The van der Waals surface area contributed by atoms with E-state index in [2.05, 4.69) is 15.3 Å². The van der Waals surface area contributed by atoms with Crippen molar-refractivity contribution in [2.24, 2.45) is 5.73 Å². The maximum atomic E-state index is 12.7. The van der Waals surface area contributed by atoms with Crippen LogP contribution in [0.5, 0.6) is 5.75 Å². The van der Waals surface area contributed by atoms with E-state index in [4.69, 9.17) is 16.3 Å². The van der Waals surface area contributed by atoms with Gasteiger partial charge in [-0.1, -0.05) is 12.1 Å². The van der Waals surface area contributed by atoms with Gasteiger partial charge in [-0.3, -0.25) is 14.4 Å². The number of carbonyl (C=O) groups excluding carboxylic acids is 3. The molecule has 3 heterocycles. The molecule has 0 aliphatic carbocycles. The number of likely N-dealkylation sites (tertiary alicyclic amines) is 1. The number of benzene rings is 1. The summed E-state index contributed by atoms with van der Waals surface area (Å²) < 4.78 is 44.0. The number of primary amides is 1. The van der Waals surface area contributed by atoms with Crippen LogP contribution >= 0.6 is 0 Å². The van der Waals surface area contributed by atoms with Gasteiger partial charge in [0.05, 0.1) is 13.2 Å². The van der Waals surface area contributed by atoms with Crippen LogP contribution in [0.4, 0.5) is 19.0 Å². The number of anilines is 1. The molecule has 0 spiro atoms. The highest BCUT2D eigenvalue weighted by atomic mass is 19.4. The van der Waals surface area contributed by atoms with E-state index in [1.807, 2.05) is 0 Å². The first kappa shape index (κ1) is 28.1. The monoisotopic (exact) mass is 557 g/mol. The second kappa shape index (κ2) is 11.5. The third-order valence-electron chi connectivity index (χ3n) is 6.30. The van der Waals surface area contributed by atoms with Crippen LogP contribution in [0.15, 0.2) is 54.7 Å². The van der Waals surface area contributed by atoms with Crippen molar-refractivity contribution >= 4 is 23.5 Å². The lowest BCUT2D eigenvalue weighted by Crippen LogP contribution is -2.40. The van der Waals surface area contributed by atoms with E-state index in [0.717, 1.165) is 4.68 Å². The number of rotatable bonds is 7. The fourth-order valence-corrected chi connectivity index (χ4v) is 4.42. The third-order valence-corrected chi connectivity index (χ3v) is 6.30. The van der Waals surface area contributed by atoms with Crippen LogP contribution in [0.2, 0.25) is 0 Å². The summed E-state index contributed by atoms with van der Waals surface area (Å²) in [5.41, 5.74) is 6.23. The molecular formula is C26H26F3N7O4. The number of nitrogens with two attached hydrogens (primary N) is 2. The number of halogens is 3. The minimum atomic E-state index is -4.65. The van der Waals surface area contributed by atoms with E-state index in [-0.39, 0.29) is 41.2 Å². The Labute approximate surface area is 226 Å². The predicted molar refractivity (Wildman–Crippen MR) is 139 cm³/mol. The zero-order valence-corrected chi connectivity index (χ0v) is 21.3. The molecule has 0 bridgehead atoms. The number of nitrogens with one attached hydrogen (secondary N) is 1. The first-order valence-corrected chi connectivity index (χ1v) is 12.1. The van der Waals surface area contributed by atoms with Crippen molar-refractivity contribution in [2.75, 3.05) is 24.8 Å². The minimum absolute atomic E-state index is 0.100. The molecule has 4 rings (SSSR count). The molecule has 1 aliphatic rings. The normalized spacial score (nSPS) is 15.7. The van der Waals surface area contributed by atoms with Crippen molar-refractivity contribution in [1.29, 1.82) is 0 Å². The number of hydrogen-bond donors (Lipinski definition) is 3. The molecule has 1 aliphatic heterocycles. The molecule has 5 N–H and O–H groups in total. The minimum Gasteiger partial charge on any atom is -0.497 e. The first-order chi connectivity index (χ1) is 19.0. The van der Waals surface area contributed by atoms with Crippen molar-refractivity contribution in [1.82, 2.24) is 19.5 Å². The number of imidazole rings is 1. The van der Waals surface area contributed by atoms with Gasteiger partial charge in [0.25, 0.3) is 11.8 Å². The molecule has 3 amide bonds. The molecule has 1 saturated heterocycles. The number of nitrogens with zero attached hydrogens (tertiary/aromatic N) is 4. The molecule has 0 saturated carbocycles. The molecule has 1 fully saturated rings. The number of carbonyl (C=O) groups is 3. The summed E-state index contributed by atoms with van der Waals surface area (Å²) in [6.45, 7) is 0.186. The number of aromatic nitrogens is 3. The summed E-state index contributed by atoms with van der Waals surface area (Å²) in [5.74, 6) is 4.91. The Morgan fingerprint density at radius 1 is 1.15 bits per heavy atom. The highest BCUT2D eigenvalue weighted by Gasteiger charge is 2.34.